The van der Waals surface area contributed by atoms with E-state index in [0.29, 0.717) is 19.4 Å². The lowest BCUT2D eigenvalue weighted by Crippen LogP contribution is -2.67. The molecular formula is C14H23N3O4. The lowest BCUT2D eigenvalue weighted by molar-refractivity contribution is -0.153. The molecule has 0 radical (unpaired) electrons. The number of fused-ring (bicyclic) bond motifs is 1. The molecule has 0 saturated carbocycles. The number of hydrogen-bond donors (Lipinski definition) is 2. The fourth-order valence-corrected chi connectivity index (χ4v) is 2.95. The Morgan fingerprint density at radius 3 is 2.81 bits per heavy atom. The number of amides is 3. The fraction of sp³-hybridized carbons (Fsp3) is 0.786. The zero-order valence-electron chi connectivity index (χ0n) is 12.7. The van der Waals surface area contributed by atoms with E-state index >= 15 is 0 Å². The van der Waals surface area contributed by atoms with Crippen molar-refractivity contribution in [2.24, 2.45) is 5.92 Å². The van der Waals surface area contributed by atoms with Crippen LogP contribution in [0.4, 0.5) is 0 Å². The maximum Gasteiger partial charge on any atom is 0.246 e. The van der Waals surface area contributed by atoms with E-state index in [9.17, 15) is 14.4 Å². The third-order valence-corrected chi connectivity index (χ3v) is 4.06. The summed E-state index contributed by atoms with van der Waals surface area (Å²) in [6.07, 6.45) is 1.12. The molecule has 0 spiro atoms. The van der Waals surface area contributed by atoms with Gasteiger partial charge in [0.05, 0.1) is 0 Å². The van der Waals surface area contributed by atoms with E-state index in [2.05, 4.69) is 10.6 Å². The molecule has 0 aromatic carbocycles. The molecule has 2 rings (SSSR count). The number of ether oxygens (including phenoxy) is 1. The van der Waals surface area contributed by atoms with Gasteiger partial charge in [0.1, 0.15) is 18.7 Å². The first kappa shape index (κ1) is 15.8. The molecule has 2 aliphatic heterocycles. The predicted octanol–water partition coefficient (Wildman–Crippen LogP) is -0.737. The van der Waals surface area contributed by atoms with E-state index in [1.165, 1.54) is 7.11 Å². The van der Waals surface area contributed by atoms with Crippen molar-refractivity contribution in [2.45, 2.75) is 44.8 Å². The number of carbonyl (C=O) groups excluding carboxylic acids is 3. The van der Waals surface area contributed by atoms with Crippen LogP contribution in [0.3, 0.4) is 0 Å². The van der Waals surface area contributed by atoms with Crippen LogP contribution in [-0.4, -0.2) is 61.0 Å². The van der Waals surface area contributed by atoms with E-state index < -0.39 is 12.1 Å². The number of methoxy groups -OCH3 is 1. The van der Waals surface area contributed by atoms with Gasteiger partial charge in [-0.15, -0.1) is 0 Å². The monoisotopic (exact) mass is 297 g/mol. The molecule has 3 atom stereocenters. The zero-order valence-corrected chi connectivity index (χ0v) is 12.7. The quantitative estimate of drug-likeness (QED) is 0.715. The van der Waals surface area contributed by atoms with E-state index in [1.807, 2.05) is 13.8 Å². The van der Waals surface area contributed by atoms with Gasteiger partial charge in [-0.1, -0.05) is 13.8 Å². The average Bonchev–Trinajstić information content (AvgIpc) is 2.42. The number of nitrogens with zero attached hydrogens (tertiary/aromatic N) is 1. The lowest BCUT2D eigenvalue weighted by atomic mass is 9.90. The first-order valence-corrected chi connectivity index (χ1v) is 7.33. The van der Waals surface area contributed by atoms with Crippen LogP contribution in [0.5, 0.6) is 0 Å². The van der Waals surface area contributed by atoms with Crippen LogP contribution in [0.15, 0.2) is 0 Å². The molecule has 2 fully saturated rings. The van der Waals surface area contributed by atoms with Gasteiger partial charge in [-0.25, -0.2) is 0 Å². The molecule has 0 aliphatic carbocycles. The van der Waals surface area contributed by atoms with Crippen LogP contribution >= 0.6 is 0 Å². The van der Waals surface area contributed by atoms with E-state index in [-0.39, 0.29) is 36.3 Å². The highest BCUT2D eigenvalue weighted by atomic mass is 16.5. The minimum Gasteiger partial charge on any atom is -0.375 e. The van der Waals surface area contributed by atoms with Crippen molar-refractivity contribution in [3.8, 4) is 0 Å². The number of carbonyl (C=O) groups is 3. The highest BCUT2D eigenvalue weighted by Gasteiger charge is 2.44. The summed E-state index contributed by atoms with van der Waals surface area (Å²) in [7, 11) is 1.46. The summed E-state index contributed by atoms with van der Waals surface area (Å²) in [6.45, 7) is 4.34. The number of hydrogen-bond acceptors (Lipinski definition) is 4. The molecule has 2 heterocycles. The molecule has 3 amide bonds. The van der Waals surface area contributed by atoms with Gasteiger partial charge in [-0.3, -0.25) is 14.4 Å². The summed E-state index contributed by atoms with van der Waals surface area (Å²) in [5.41, 5.74) is 0. The Labute approximate surface area is 124 Å². The summed E-state index contributed by atoms with van der Waals surface area (Å²) >= 11 is 0. The Morgan fingerprint density at radius 2 is 2.19 bits per heavy atom. The average molecular weight is 297 g/mol. The van der Waals surface area contributed by atoms with E-state index in [4.69, 9.17) is 4.74 Å². The summed E-state index contributed by atoms with van der Waals surface area (Å²) in [6, 6.07) is -1.01. The minimum atomic E-state index is -0.478. The maximum absolute atomic E-state index is 12.4. The van der Waals surface area contributed by atoms with Crippen molar-refractivity contribution in [3.05, 3.63) is 0 Å². The molecule has 0 aromatic heterocycles. The van der Waals surface area contributed by atoms with Crippen LogP contribution in [0.1, 0.15) is 26.7 Å². The van der Waals surface area contributed by atoms with Gasteiger partial charge in [0, 0.05) is 19.7 Å². The molecule has 0 aromatic rings. The molecule has 7 nitrogen and oxygen atoms in total. The normalized spacial score (nSPS) is 29.1. The second-order valence-corrected chi connectivity index (χ2v) is 6.00. The molecule has 2 aliphatic rings. The molecule has 7 heteroatoms. The topological polar surface area (TPSA) is 87.7 Å². The largest absolute Gasteiger partial charge is 0.375 e. The van der Waals surface area contributed by atoms with Gasteiger partial charge >= 0.3 is 0 Å². The van der Waals surface area contributed by atoms with Crippen LogP contribution in [0, 0.1) is 5.92 Å². The van der Waals surface area contributed by atoms with Crippen molar-refractivity contribution >= 4 is 17.7 Å². The van der Waals surface area contributed by atoms with Crippen LogP contribution in [0.2, 0.25) is 0 Å². The van der Waals surface area contributed by atoms with Crippen LogP contribution < -0.4 is 10.6 Å². The molecular weight excluding hydrogens is 274 g/mol. The number of rotatable bonds is 4. The Hall–Kier alpha value is -1.63. The highest BCUT2D eigenvalue weighted by molar-refractivity contribution is 5.97. The van der Waals surface area contributed by atoms with E-state index in [1.54, 1.807) is 4.90 Å². The Morgan fingerprint density at radius 1 is 1.48 bits per heavy atom. The van der Waals surface area contributed by atoms with Crippen molar-refractivity contribution in [3.63, 3.8) is 0 Å². The van der Waals surface area contributed by atoms with Crippen molar-refractivity contribution in [2.75, 3.05) is 20.3 Å². The lowest BCUT2D eigenvalue weighted by Gasteiger charge is -2.45. The van der Waals surface area contributed by atoms with Gasteiger partial charge < -0.3 is 20.3 Å². The van der Waals surface area contributed by atoms with Gasteiger partial charge in [0.25, 0.3) is 0 Å². The Kier molecular flexibility index (Phi) is 4.82. The molecule has 0 bridgehead atoms. The smallest absolute Gasteiger partial charge is 0.246 e. The number of nitrogens with one attached hydrogen (secondary N) is 2. The summed E-state index contributed by atoms with van der Waals surface area (Å²) in [5, 5.41) is 5.64. The Bertz CT molecular complexity index is 438. The van der Waals surface area contributed by atoms with Gasteiger partial charge in [-0.05, 0) is 18.8 Å². The third kappa shape index (κ3) is 3.34. The minimum absolute atomic E-state index is 0.00539. The third-order valence-electron chi connectivity index (χ3n) is 4.06. The van der Waals surface area contributed by atoms with E-state index in [0.717, 1.165) is 0 Å². The standard InChI is InChI=1S/C14H23N3O4/c1-8(2)12-14(20)17-5-4-9(15-11(18)7-21-3)6-10(17)13(19)16-12/h8-10,12H,4-7H2,1-3H3,(H,15,18)(H,16,19). The molecule has 2 N–H and O–H groups in total. The molecule has 3 unspecified atom stereocenters. The molecule has 2 saturated heterocycles. The van der Waals surface area contributed by atoms with Gasteiger partial charge in [0.15, 0.2) is 0 Å². The van der Waals surface area contributed by atoms with Crippen molar-refractivity contribution in [1.29, 1.82) is 0 Å². The summed E-state index contributed by atoms with van der Waals surface area (Å²) in [5.74, 6) is -0.268. The SMILES string of the molecule is COCC(=O)NC1CCN2C(=O)C(C(C)C)NC(=O)C2C1. The van der Waals surface area contributed by atoms with Crippen molar-refractivity contribution < 1.29 is 19.1 Å². The fourth-order valence-electron chi connectivity index (χ4n) is 2.95. The second kappa shape index (κ2) is 6.43. The maximum atomic E-state index is 12.4. The second-order valence-electron chi connectivity index (χ2n) is 6.00. The van der Waals surface area contributed by atoms with Gasteiger partial charge in [0.2, 0.25) is 17.7 Å². The first-order chi connectivity index (χ1) is 9.93. The molecule has 21 heavy (non-hydrogen) atoms. The molecule has 118 valence electrons. The van der Waals surface area contributed by atoms with Crippen LogP contribution in [0.25, 0.3) is 0 Å². The Balaban J connectivity index is 2.00. The number of piperazine rings is 1. The summed E-state index contributed by atoms with van der Waals surface area (Å²) < 4.78 is 4.77. The zero-order chi connectivity index (χ0) is 15.6. The van der Waals surface area contributed by atoms with Crippen LogP contribution in [-0.2, 0) is 19.1 Å². The number of piperidine rings is 1. The van der Waals surface area contributed by atoms with Gasteiger partial charge in [-0.2, -0.15) is 0 Å². The highest BCUT2D eigenvalue weighted by Crippen LogP contribution is 2.24. The first-order valence-electron chi connectivity index (χ1n) is 7.33. The van der Waals surface area contributed by atoms with Crippen molar-refractivity contribution in [1.82, 2.24) is 15.5 Å². The summed E-state index contributed by atoms with van der Waals surface area (Å²) in [4.78, 5) is 37.8. The predicted molar refractivity (Wildman–Crippen MR) is 75.3 cm³/mol.